The smallest absolute Gasteiger partial charge is 0.0713 e. The molecule has 1 aromatic heterocycles. The van der Waals surface area contributed by atoms with Crippen molar-refractivity contribution < 1.29 is 0 Å². The maximum Gasteiger partial charge on any atom is 0.0713 e. The lowest BCUT2D eigenvalue weighted by atomic mass is 9.67. The maximum atomic E-state index is 2.41. The lowest BCUT2D eigenvalue weighted by molar-refractivity contribution is 0.768. The second-order valence-corrected chi connectivity index (χ2v) is 19.2. The number of para-hydroxylation sites is 2. The van der Waals surface area contributed by atoms with Crippen molar-refractivity contribution in [3.05, 3.63) is 313 Å². The van der Waals surface area contributed by atoms with Gasteiger partial charge in [0.2, 0.25) is 0 Å². The van der Waals surface area contributed by atoms with Gasteiger partial charge in [-0.25, -0.2) is 0 Å². The van der Waals surface area contributed by atoms with Gasteiger partial charge in [-0.1, -0.05) is 212 Å². The zero-order valence-corrected chi connectivity index (χ0v) is 40.1. The lowest BCUT2D eigenvalue weighted by Gasteiger charge is -2.34. The lowest BCUT2D eigenvalue weighted by Crippen LogP contribution is -2.28. The quantitative estimate of drug-likeness (QED) is 0.140. The van der Waals surface area contributed by atoms with Crippen LogP contribution in [0.5, 0.6) is 0 Å². The molecule has 0 atom stereocenters. The molecule has 12 aromatic carbocycles. The first-order valence-electron chi connectivity index (χ1n) is 25.2. The van der Waals surface area contributed by atoms with Crippen LogP contribution in [-0.4, -0.2) is 4.57 Å². The number of hydrogen-bond acceptors (Lipinski definition) is 1. The Hall–Kier alpha value is -9.50. The SMILES string of the molecule is c1ccc(N(c2ccc(-c3ccc4ccccc4c3)cc2)c2ccc(-c3ccc4c(c3)c3cc(-c5ccc(C6(c7ccccc7)c7ccccc7-c7ccccc76)cc5)ccc3n4-c3ccccc3)cc2)cc1. The molecule has 1 aliphatic rings. The molecule has 0 amide bonds. The fraction of sp³-hybridized carbons (Fsp3) is 0.0141. The molecule has 13 aromatic rings. The Morgan fingerprint density at radius 3 is 1.23 bits per heavy atom. The second-order valence-electron chi connectivity index (χ2n) is 19.2. The minimum atomic E-state index is -0.432. The summed E-state index contributed by atoms with van der Waals surface area (Å²) in [5.74, 6) is 0. The highest BCUT2D eigenvalue weighted by Crippen LogP contribution is 2.56. The van der Waals surface area contributed by atoms with Gasteiger partial charge >= 0.3 is 0 Å². The highest BCUT2D eigenvalue weighted by molar-refractivity contribution is 6.11. The highest BCUT2D eigenvalue weighted by Gasteiger charge is 2.45. The predicted molar refractivity (Wildman–Crippen MR) is 307 cm³/mol. The normalized spacial score (nSPS) is 12.5. The predicted octanol–water partition coefficient (Wildman–Crippen LogP) is 18.8. The van der Waals surface area contributed by atoms with Crippen LogP contribution in [0.15, 0.2) is 291 Å². The molecule has 342 valence electrons. The molecule has 0 spiro atoms. The topological polar surface area (TPSA) is 8.17 Å². The molecule has 2 heteroatoms. The molecule has 0 radical (unpaired) electrons. The number of fused-ring (bicyclic) bond motifs is 7. The van der Waals surface area contributed by atoms with Gasteiger partial charge in [-0.05, 0) is 156 Å². The highest BCUT2D eigenvalue weighted by atomic mass is 15.1. The molecule has 73 heavy (non-hydrogen) atoms. The van der Waals surface area contributed by atoms with Crippen LogP contribution in [0.4, 0.5) is 17.1 Å². The van der Waals surface area contributed by atoms with Crippen LogP contribution in [-0.2, 0) is 5.41 Å². The van der Waals surface area contributed by atoms with E-state index < -0.39 is 5.41 Å². The first kappa shape index (κ1) is 42.4. The third kappa shape index (κ3) is 7.02. The molecule has 14 rings (SSSR count). The van der Waals surface area contributed by atoms with Crippen LogP contribution >= 0.6 is 0 Å². The van der Waals surface area contributed by atoms with Gasteiger partial charge in [0.05, 0.1) is 16.4 Å². The fourth-order valence-electron chi connectivity index (χ4n) is 11.9. The van der Waals surface area contributed by atoms with E-state index in [1.807, 2.05) is 0 Å². The van der Waals surface area contributed by atoms with Gasteiger partial charge in [0.25, 0.3) is 0 Å². The summed E-state index contributed by atoms with van der Waals surface area (Å²) in [7, 11) is 0. The molecule has 0 bridgehead atoms. The number of aromatic nitrogens is 1. The van der Waals surface area contributed by atoms with Gasteiger partial charge < -0.3 is 9.47 Å². The minimum absolute atomic E-state index is 0.432. The van der Waals surface area contributed by atoms with E-state index in [0.717, 1.165) is 22.7 Å². The van der Waals surface area contributed by atoms with Gasteiger partial charge in [0.15, 0.2) is 0 Å². The van der Waals surface area contributed by atoms with E-state index in [2.05, 4.69) is 301 Å². The Kier molecular flexibility index (Phi) is 10.1. The largest absolute Gasteiger partial charge is 0.311 e. The van der Waals surface area contributed by atoms with Crippen LogP contribution in [0, 0.1) is 0 Å². The molecule has 0 unspecified atom stereocenters. The van der Waals surface area contributed by atoms with Crippen molar-refractivity contribution in [2.24, 2.45) is 0 Å². The molecule has 0 saturated carbocycles. The second kappa shape index (κ2) is 17.4. The van der Waals surface area contributed by atoms with E-state index in [9.17, 15) is 0 Å². The van der Waals surface area contributed by atoms with Crippen molar-refractivity contribution in [2.45, 2.75) is 5.41 Å². The first-order chi connectivity index (χ1) is 36.2. The Bertz CT molecular complexity index is 4110. The number of nitrogens with zero attached hydrogens (tertiary/aromatic N) is 2. The number of hydrogen-bond donors (Lipinski definition) is 0. The van der Waals surface area contributed by atoms with Crippen molar-refractivity contribution >= 4 is 49.6 Å². The van der Waals surface area contributed by atoms with Crippen molar-refractivity contribution in [2.75, 3.05) is 4.90 Å². The molecule has 1 aliphatic carbocycles. The summed E-state index contributed by atoms with van der Waals surface area (Å²) in [6, 6.07) is 107. The average Bonchev–Trinajstić information content (AvgIpc) is 3.97. The van der Waals surface area contributed by atoms with E-state index in [0.29, 0.717) is 0 Å². The molecule has 1 heterocycles. The maximum absolute atomic E-state index is 2.41. The van der Waals surface area contributed by atoms with Gasteiger partial charge in [0, 0.05) is 33.5 Å². The van der Waals surface area contributed by atoms with Crippen molar-refractivity contribution in [1.29, 1.82) is 0 Å². The zero-order chi connectivity index (χ0) is 48.3. The summed E-state index contributed by atoms with van der Waals surface area (Å²) < 4.78 is 2.41. The van der Waals surface area contributed by atoms with Crippen LogP contribution in [0.1, 0.15) is 22.3 Å². The summed E-state index contributed by atoms with van der Waals surface area (Å²) >= 11 is 0. The van der Waals surface area contributed by atoms with Gasteiger partial charge in [-0.3, -0.25) is 0 Å². The molecule has 0 N–H and O–H groups in total. The molecule has 2 nitrogen and oxygen atoms in total. The van der Waals surface area contributed by atoms with Crippen LogP contribution in [0.2, 0.25) is 0 Å². The van der Waals surface area contributed by atoms with E-state index in [1.54, 1.807) is 0 Å². The van der Waals surface area contributed by atoms with E-state index in [1.165, 1.54) is 99.3 Å². The van der Waals surface area contributed by atoms with Gasteiger partial charge in [-0.15, -0.1) is 0 Å². The molecule has 0 aliphatic heterocycles. The summed E-state index contributed by atoms with van der Waals surface area (Å²) in [5, 5.41) is 4.94. The molecule has 0 saturated heterocycles. The summed E-state index contributed by atoms with van der Waals surface area (Å²) in [4.78, 5) is 2.34. The average molecular weight is 929 g/mol. The number of anilines is 3. The van der Waals surface area contributed by atoms with Crippen molar-refractivity contribution in [3.63, 3.8) is 0 Å². The molecular formula is C71H48N2. The zero-order valence-electron chi connectivity index (χ0n) is 40.1. The van der Waals surface area contributed by atoms with Crippen LogP contribution in [0.3, 0.4) is 0 Å². The van der Waals surface area contributed by atoms with Crippen LogP contribution < -0.4 is 4.90 Å². The van der Waals surface area contributed by atoms with E-state index in [4.69, 9.17) is 0 Å². The van der Waals surface area contributed by atoms with E-state index in [-0.39, 0.29) is 0 Å². The van der Waals surface area contributed by atoms with Crippen LogP contribution in [0.25, 0.3) is 82.8 Å². The third-order valence-corrected chi connectivity index (χ3v) is 15.3. The molecular weight excluding hydrogens is 881 g/mol. The third-order valence-electron chi connectivity index (χ3n) is 15.3. The van der Waals surface area contributed by atoms with Gasteiger partial charge in [-0.2, -0.15) is 0 Å². The summed E-state index contributed by atoms with van der Waals surface area (Å²) in [6.07, 6.45) is 0. The summed E-state index contributed by atoms with van der Waals surface area (Å²) in [6.45, 7) is 0. The fourth-order valence-corrected chi connectivity index (χ4v) is 11.9. The number of benzene rings is 12. The summed E-state index contributed by atoms with van der Waals surface area (Å²) in [5.41, 5.74) is 21.3. The Labute approximate surface area is 426 Å². The monoisotopic (exact) mass is 928 g/mol. The number of rotatable bonds is 9. The van der Waals surface area contributed by atoms with E-state index >= 15 is 0 Å². The van der Waals surface area contributed by atoms with Gasteiger partial charge in [0.1, 0.15) is 0 Å². The first-order valence-corrected chi connectivity index (χ1v) is 25.2. The Morgan fingerprint density at radius 2 is 0.671 bits per heavy atom. The van der Waals surface area contributed by atoms with Crippen molar-refractivity contribution in [3.8, 4) is 50.2 Å². The Balaban J connectivity index is 0.838. The standard InChI is InChI=1S/C71H48N2/c1-4-18-57(19-5-1)71(67-26-14-12-24-63(67)64-25-13-15-27-68(64)71)58-38-30-50(31-39-58)55-36-44-69-65(47-55)66-48-56(37-45-70(66)73(69)60-22-8-3-9-23-60)52-34-42-62(43-35-52)72(59-20-6-2-7-21-59)61-40-32-51(33-41-61)54-29-28-49-16-10-11-17-53(49)46-54/h1-48H. The van der Waals surface area contributed by atoms with Crippen molar-refractivity contribution in [1.82, 2.24) is 4.57 Å². The Morgan fingerprint density at radius 1 is 0.274 bits per heavy atom. The minimum Gasteiger partial charge on any atom is -0.311 e. The molecule has 0 fully saturated rings.